The van der Waals surface area contributed by atoms with Crippen LogP contribution in [-0.4, -0.2) is 34.9 Å². The molecule has 80 valence electrons. The largest absolute Gasteiger partial charge is 0.479 e. The van der Waals surface area contributed by atoms with Crippen molar-refractivity contribution in [1.82, 2.24) is 0 Å². The van der Waals surface area contributed by atoms with Gasteiger partial charge in [0.05, 0.1) is 5.71 Å². The highest BCUT2D eigenvalue weighted by molar-refractivity contribution is 8.00. The van der Waals surface area contributed by atoms with E-state index >= 15 is 0 Å². The van der Waals surface area contributed by atoms with Crippen molar-refractivity contribution >= 4 is 23.4 Å². The summed E-state index contributed by atoms with van der Waals surface area (Å²) >= 11 is 1.81. The maximum absolute atomic E-state index is 10.2. The minimum absolute atomic E-state index is 0.0454. The number of thioether (sulfide) groups is 1. The van der Waals surface area contributed by atoms with Crippen LogP contribution in [0.15, 0.2) is 5.16 Å². The van der Waals surface area contributed by atoms with Crippen LogP contribution in [0.3, 0.4) is 0 Å². The standard InChI is InChI=1S/C9H15NO3S/c1-9(2)3-4-14-6-7(9)10-13-5-8(11)12/h3-6H2,1-2H3,(H,11,12). The molecule has 0 amide bonds. The van der Waals surface area contributed by atoms with Gasteiger partial charge in [0.1, 0.15) is 0 Å². The Kier molecular flexibility index (Phi) is 3.80. The molecule has 14 heavy (non-hydrogen) atoms. The fourth-order valence-electron chi connectivity index (χ4n) is 1.15. The zero-order valence-corrected chi connectivity index (χ0v) is 9.26. The van der Waals surface area contributed by atoms with Crippen molar-refractivity contribution < 1.29 is 14.7 Å². The van der Waals surface area contributed by atoms with Gasteiger partial charge in [0.25, 0.3) is 0 Å². The van der Waals surface area contributed by atoms with E-state index in [1.807, 2.05) is 0 Å². The van der Waals surface area contributed by atoms with Gasteiger partial charge >= 0.3 is 5.97 Å². The monoisotopic (exact) mass is 217 g/mol. The normalized spacial score (nSPS) is 23.4. The Labute approximate surface area is 87.7 Å². The minimum atomic E-state index is -0.990. The van der Waals surface area contributed by atoms with Crippen molar-refractivity contribution in [3.63, 3.8) is 0 Å². The van der Waals surface area contributed by atoms with Gasteiger partial charge in [-0.15, -0.1) is 0 Å². The molecule has 5 heteroatoms. The number of rotatable bonds is 3. The van der Waals surface area contributed by atoms with E-state index in [1.165, 1.54) is 0 Å². The van der Waals surface area contributed by atoms with Crippen LogP contribution in [0.25, 0.3) is 0 Å². The Bertz CT molecular complexity index is 250. The molecule has 0 saturated carbocycles. The SMILES string of the molecule is CC1(C)CCSCC1=NOCC(=O)O. The number of hydrogen-bond acceptors (Lipinski definition) is 4. The zero-order chi connectivity index (χ0) is 10.6. The summed E-state index contributed by atoms with van der Waals surface area (Å²) in [6.45, 7) is 3.86. The molecule has 0 bridgehead atoms. The van der Waals surface area contributed by atoms with Gasteiger partial charge in [-0.25, -0.2) is 4.79 Å². The van der Waals surface area contributed by atoms with Crippen molar-refractivity contribution in [3.05, 3.63) is 0 Å². The van der Waals surface area contributed by atoms with Crippen LogP contribution in [-0.2, 0) is 9.63 Å². The summed E-state index contributed by atoms with van der Waals surface area (Å²) in [4.78, 5) is 14.9. The topological polar surface area (TPSA) is 58.9 Å². The first kappa shape index (κ1) is 11.4. The number of oxime groups is 1. The Morgan fingerprint density at radius 3 is 3.00 bits per heavy atom. The van der Waals surface area contributed by atoms with Crippen LogP contribution >= 0.6 is 11.8 Å². The molecule has 1 saturated heterocycles. The highest BCUT2D eigenvalue weighted by Crippen LogP contribution is 2.31. The number of carboxylic acids is 1. The number of carbonyl (C=O) groups is 1. The first-order chi connectivity index (χ1) is 6.52. The molecule has 0 aromatic heterocycles. The number of carboxylic acid groups (broad SMARTS) is 1. The van der Waals surface area contributed by atoms with Crippen LogP contribution in [0.1, 0.15) is 20.3 Å². The third-order valence-electron chi connectivity index (χ3n) is 2.25. The molecule has 0 aromatic carbocycles. The molecule has 1 aliphatic rings. The number of nitrogens with zero attached hydrogens (tertiary/aromatic N) is 1. The predicted molar refractivity (Wildman–Crippen MR) is 56.7 cm³/mol. The number of hydrogen-bond donors (Lipinski definition) is 1. The summed E-state index contributed by atoms with van der Waals surface area (Å²) in [5, 5.41) is 12.3. The average molecular weight is 217 g/mol. The summed E-state index contributed by atoms with van der Waals surface area (Å²) in [6.07, 6.45) is 1.06. The highest BCUT2D eigenvalue weighted by Gasteiger charge is 2.29. The summed E-state index contributed by atoms with van der Waals surface area (Å²) in [7, 11) is 0. The molecular weight excluding hydrogens is 202 g/mol. The van der Waals surface area contributed by atoms with E-state index < -0.39 is 5.97 Å². The molecule has 4 nitrogen and oxygen atoms in total. The van der Waals surface area contributed by atoms with Crippen molar-refractivity contribution in [3.8, 4) is 0 Å². The molecular formula is C9H15NO3S. The molecule has 0 aliphatic carbocycles. The molecule has 0 radical (unpaired) electrons. The molecule has 0 unspecified atom stereocenters. The van der Waals surface area contributed by atoms with Crippen molar-refractivity contribution in [2.75, 3.05) is 18.1 Å². The zero-order valence-electron chi connectivity index (χ0n) is 8.45. The van der Waals surface area contributed by atoms with Gasteiger partial charge in [-0.05, 0) is 12.2 Å². The quantitative estimate of drug-likeness (QED) is 0.730. The van der Waals surface area contributed by atoms with E-state index in [4.69, 9.17) is 9.94 Å². The molecule has 0 atom stereocenters. The van der Waals surface area contributed by atoms with Gasteiger partial charge in [0.2, 0.25) is 6.61 Å². The van der Waals surface area contributed by atoms with Crippen LogP contribution in [0.5, 0.6) is 0 Å². The van der Waals surface area contributed by atoms with Crippen molar-refractivity contribution in [1.29, 1.82) is 0 Å². The van der Waals surface area contributed by atoms with E-state index in [0.717, 1.165) is 23.6 Å². The van der Waals surface area contributed by atoms with Gasteiger partial charge in [-0.3, -0.25) is 0 Å². The lowest BCUT2D eigenvalue weighted by molar-refractivity contribution is -0.142. The van der Waals surface area contributed by atoms with E-state index in [-0.39, 0.29) is 12.0 Å². The predicted octanol–water partition coefficient (Wildman–Crippen LogP) is 1.61. The van der Waals surface area contributed by atoms with E-state index in [9.17, 15) is 4.79 Å². The van der Waals surface area contributed by atoms with Gasteiger partial charge in [-0.2, -0.15) is 11.8 Å². The molecule has 1 N–H and O–H groups in total. The Morgan fingerprint density at radius 2 is 2.43 bits per heavy atom. The third-order valence-corrected chi connectivity index (χ3v) is 3.22. The first-order valence-corrected chi connectivity index (χ1v) is 5.67. The van der Waals surface area contributed by atoms with Crippen molar-refractivity contribution in [2.24, 2.45) is 10.6 Å². The van der Waals surface area contributed by atoms with Gasteiger partial charge in [-0.1, -0.05) is 19.0 Å². The Hall–Kier alpha value is -0.710. The molecule has 0 spiro atoms. The third kappa shape index (κ3) is 3.21. The lowest BCUT2D eigenvalue weighted by atomic mass is 9.85. The van der Waals surface area contributed by atoms with Gasteiger partial charge < -0.3 is 9.94 Å². The minimum Gasteiger partial charge on any atom is -0.479 e. The first-order valence-electron chi connectivity index (χ1n) is 4.51. The molecule has 1 fully saturated rings. The van der Waals surface area contributed by atoms with E-state index in [1.54, 1.807) is 11.8 Å². The second-order valence-corrected chi connectivity index (χ2v) is 5.00. The maximum Gasteiger partial charge on any atom is 0.344 e. The summed E-state index contributed by atoms with van der Waals surface area (Å²) in [6, 6.07) is 0. The van der Waals surface area contributed by atoms with E-state index in [2.05, 4.69) is 19.0 Å². The number of aliphatic carboxylic acids is 1. The van der Waals surface area contributed by atoms with Crippen LogP contribution in [0.4, 0.5) is 0 Å². The lowest BCUT2D eigenvalue weighted by Gasteiger charge is -2.30. The average Bonchev–Trinajstić information content (AvgIpc) is 2.07. The summed E-state index contributed by atoms with van der Waals surface area (Å²) in [5.41, 5.74) is 0.999. The second-order valence-electron chi connectivity index (χ2n) is 3.89. The molecule has 0 aromatic rings. The van der Waals surface area contributed by atoms with Gasteiger partial charge in [0, 0.05) is 11.2 Å². The molecule has 1 aliphatic heterocycles. The summed E-state index contributed by atoms with van der Waals surface area (Å²) < 4.78 is 0. The second kappa shape index (κ2) is 4.68. The Balaban J connectivity index is 2.51. The smallest absolute Gasteiger partial charge is 0.344 e. The molecule has 1 heterocycles. The molecule has 1 rings (SSSR count). The Morgan fingerprint density at radius 1 is 1.71 bits per heavy atom. The van der Waals surface area contributed by atoms with Crippen LogP contribution < -0.4 is 0 Å². The summed E-state index contributed by atoms with van der Waals surface area (Å²) in [5.74, 6) is 0.980. The lowest BCUT2D eigenvalue weighted by Crippen LogP contribution is -2.31. The van der Waals surface area contributed by atoms with E-state index in [0.29, 0.717) is 0 Å². The fraction of sp³-hybridized carbons (Fsp3) is 0.778. The van der Waals surface area contributed by atoms with Crippen LogP contribution in [0.2, 0.25) is 0 Å². The van der Waals surface area contributed by atoms with Crippen molar-refractivity contribution in [2.45, 2.75) is 20.3 Å². The maximum atomic E-state index is 10.2. The highest BCUT2D eigenvalue weighted by atomic mass is 32.2. The fourth-order valence-corrected chi connectivity index (χ4v) is 2.59. The van der Waals surface area contributed by atoms with Gasteiger partial charge in [0.15, 0.2) is 0 Å². The van der Waals surface area contributed by atoms with Crippen LogP contribution in [0, 0.1) is 5.41 Å².